The topological polar surface area (TPSA) is 173 Å². The number of β-amino-alcohol motifs (C(OH)–C–C–N with tert-alkyl or cyclic N) is 2. The minimum Gasteiger partial charge on any atom is -0.493 e. The summed E-state index contributed by atoms with van der Waals surface area (Å²) < 4.78 is 22.7. The van der Waals surface area contributed by atoms with Crippen LogP contribution < -0.4 is 24.3 Å². The Balaban J connectivity index is 0.000000204. The number of benzene rings is 4. The largest absolute Gasteiger partial charge is 0.493 e. The van der Waals surface area contributed by atoms with E-state index in [9.17, 15) is 19.8 Å². The van der Waals surface area contributed by atoms with Gasteiger partial charge in [0.05, 0.1) is 27.3 Å². The fourth-order valence-corrected chi connectivity index (χ4v) is 6.83. The molecule has 1 amide bonds. The van der Waals surface area contributed by atoms with Crippen molar-refractivity contribution in [2.45, 2.75) is 51.1 Å². The Hall–Kier alpha value is -6.51. The van der Waals surface area contributed by atoms with Crippen molar-refractivity contribution in [1.82, 2.24) is 20.2 Å². The highest BCUT2D eigenvalue weighted by Gasteiger charge is 2.46. The van der Waals surface area contributed by atoms with Gasteiger partial charge in [-0.1, -0.05) is 86.6 Å². The molecule has 0 unspecified atom stereocenters. The molecule has 4 N–H and O–H groups in total. The third-order valence-corrected chi connectivity index (χ3v) is 10.8. The maximum atomic E-state index is 12.5. The Labute approximate surface area is 380 Å². The van der Waals surface area contributed by atoms with Crippen molar-refractivity contribution in [3.05, 3.63) is 178 Å². The standard InChI is InChI=1S/C25H26N2O4.C19H23NO3.C6H5NO2.ClH/c1-3-18-7-9-19(10-8-18)15-31-22-12-11-20(14-23(22)30-2)25(29)16-27(17-25)24(28)21-6-4-5-13-26-21;1-3-14-4-6-15(7-5-14)11-23-17-9-8-16(10-18(17)22-2)19(21)12-20-13-19;8-6(9)5-3-1-2-4-7-5;/h4-14,29H,3,15-17H2,1-2H3;4-10,20-21H,3,11-13H2,1-2H3;1-4H,(H,8,9);1H. The number of carbonyl (C=O) groups excluding carboxylic acids is 1. The molecule has 0 atom stereocenters. The second-order valence-corrected chi connectivity index (χ2v) is 15.2. The molecule has 2 aromatic heterocycles. The summed E-state index contributed by atoms with van der Waals surface area (Å²) in [5.74, 6) is 1.31. The van der Waals surface area contributed by atoms with Crippen molar-refractivity contribution in [3.63, 3.8) is 0 Å². The van der Waals surface area contributed by atoms with Gasteiger partial charge in [-0.05, 0) is 94.8 Å². The number of hydrogen-bond donors (Lipinski definition) is 4. The van der Waals surface area contributed by atoms with Crippen LogP contribution in [0.5, 0.6) is 23.0 Å². The Morgan fingerprint density at radius 2 is 1.05 bits per heavy atom. The smallest absolute Gasteiger partial charge is 0.354 e. The number of likely N-dealkylation sites (tertiary alicyclic amines) is 1. The molecule has 64 heavy (non-hydrogen) atoms. The first-order valence-electron chi connectivity index (χ1n) is 20.8. The quantitative estimate of drug-likeness (QED) is 0.0855. The van der Waals surface area contributed by atoms with Gasteiger partial charge in [-0.25, -0.2) is 9.78 Å². The Morgan fingerprint density at radius 3 is 1.41 bits per heavy atom. The minimum absolute atomic E-state index is 0. The summed E-state index contributed by atoms with van der Waals surface area (Å²) in [6.45, 7) is 6.73. The van der Waals surface area contributed by atoms with Crippen LogP contribution in [0, 0.1) is 0 Å². The van der Waals surface area contributed by atoms with Crippen LogP contribution >= 0.6 is 12.4 Å². The zero-order chi connectivity index (χ0) is 44.8. The van der Waals surface area contributed by atoms with Gasteiger partial charge in [0, 0.05) is 25.5 Å². The molecular formula is C50H55ClN4O9. The summed E-state index contributed by atoms with van der Waals surface area (Å²) in [7, 11) is 3.19. The van der Waals surface area contributed by atoms with Crippen molar-refractivity contribution in [1.29, 1.82) is 0 Å². The maximum Gasteiger partial charge on any atom is 0.354 e. The highest BCUT2D eigenvalue weighted by Crippen LogP contribution is 2.38. The molecule has 13 nitrogen and oxygen atoms in total. The highest BCUT2D eigenvalue weighted by molar-refractivity contribution is 5.93. The van der Waals surface area contributed by atoms with E-state index in [-0.39, 0.29) is 37.1 Å². The second-order valence-electron chi connectivity index (χ2n) is 15.2. The molecule has 0 radical (unpaired) electrons. The lowest BCUT2D eigenvalue weighted by atomic mass is 9.85. The number of hydrogen-bond acceptors (Lipinski definition) is 11. The minimum atomic E-state index is -1.12. The van der Waals surface area contributed by atoms with Gasteiger partial charge in [0.15, 0.2) is 23.0 Å². The molecule has 8 rings (SSSR count). The van der Waals surface area contributed by atoms with Crippen LogP contribution in [0.2, 0.25) is 0 Å². The Kier molecular flexibility index (Phi) is 17.2. The van der Waals surface area contributed by atoms with Crippen LogP contribution in [0.3, 0.4) is 0 Å². The van der Waals surface area contributed by atoms with E-state index in [1.54, 1.807) is 67.8 Å². The number of methoxy groups -OCH3 is 2. The molecule has 0 aliphatic carbocycles. The van der Waals surface area contributed by atoms with Crippen molar-refractivity contribution in [2.24, 2.45) is 0 Å². The molecule has 0 bridgehead atoms. The molecular weight excluding hydrogens is 836 g/mol. The van der Waals surface area contributed by atoms with Gasteiger partial charge >= 0.3 is 5.97 Å². The summed E-state index contributed by atoms with van der Waals surface area (Å²) in [6.07, 6.45) is 5.07. The molecule has 2 saturated heterocycles. The molecule has 2 aliphatic rings. The van der Waals surface area contributed by atoms with E-state index in [4.69, 9.17) is 24.1 Å². The summed E-state index contributed by atoms with van der Waals surface area (Å²) in [5.41, 5.74) is 4.89. The average molecular weight is 891 g/mol. The predicted octanol–water partition coefficient (Wildman–Crippen LogP) is 7.40. The maximum absolute atomic E-state index is 12.5. The molecule has 2 aliphatic heterocycles. The van der Waals surface area contributed by atoms with Crippen LogP contribution in [0.1, 0.15) is 68.2 Å². The van der Waals surface area contributed by atoms with Crippen LogP contribution in [0.15, 0.2) is 134 Å². The number of ether oxygens (including phenoxy) is 4. The number of rotatable bonds is 14. The molecule has 6 aromatic rings. The highest BCUT2D eigenvalue weighted by atomic mass is 35.5. The van der Waals surface area contributed by atoms with Gasteiger partial charge in [-0.2, -0.15) is 0 Å². The molecule has 2 fully saturated rings. The molecule has 4 aromatic carbocycles. The monoisotopic (exact) mass is 890 g/mol. The number of aromatic carboxylic acids is 1. The first-order valence-corrected chi connectivity index (χ1v) is 20.8. The number of carboxylic acids is 1. The van der Waals surface area contributed by atoms with E-state index in [0.29, 0.717) is 60.6 Å². The van der Waals surface area contributed by atoms with Crippen molar-refractivity contribution in [3.8, 4) is 23.0 Å². The number of aliphatic hydroxyl groups is 2. The van der Waals surface area contributed by atoms with E-state index in [1.807, 2.05) is 24.3 Å². The van der Waals surface area contributed by atoms with E-state index < -0.39 is 17.2 Å². The average Bonchev–Trinajstić information content (AvgIpc) is 3.31. The lowest BCUT2D eigenvalue weighted by molar-refractivity contribution is -0.0866. The van der Waals surface area contributed by atoms with Crippen molar-refractivity contribution in [2.75, 3.05) is 40.4 Å². The SMILES string of the molecule is CCc1ccc(COc2ccc(C3(O)CN(C(=O)c4ccccn4)C3)cc2OC)cc1.CCc1ccc(COc2ccc(C3(O)CNC3)cc2OC)cc1.Cl.O=C(O)c1ccccn1. The molecule has 14 heteroatoms. The fraction of sp³-hybridized carbons (Fsp3) is 0.280. The molecule has 4 heterocycles. The first kappa shape index (κ1) is 48.5. The normalized spacial score (nSPS) is 14.0. The number of carbonyl (C=O) groups is 2. The van der Waals surface area contributed by atoms with Crippen LogP contribution in [0.25, 0.3) is 0 Å². The second kappa shape index (κ2) is 22.7. The van der Waals surface area contributed by atoms with Gasteiger partial charge < -0.3 is 44.5 Å². The number of aryl methyl sites for hydroxylation is 2. The molecule has 0 spiro atoms. The van der Waals surface area contributed by atoms with E-state index in [1.165, 1.54) is 23.4 Å². The Bertz CT molecular complexity index is 2410. The number of nitrogens with zero attached hydrogens (tertiary/aromatic N) is 3. The molecule has 0 saturated carbocycles. The van der Waals surface area contributed by atoms with Crippen molar-refractivity contribution >= 4 is 24.3 Å². The Morgan fingerprint density at radius 1 is 0.609 bits per heavy atom. The third kappa shape index (κ3) is 12.4. The number of aromatic nitrogens is 2. The lowest BCUT2D eigenvalue weighted by Gasteiger charge is -2.46. The van der Waals surface area contributed by atoms with E-state index in [0.717, 1.165) is 29.5 Å². The lowest BCUT2D eigenvalue weighted by Crippen LogP contribution is -2.61. The van der Waals surface area contributed by atoms with Crippen LogP contribution in [-0.2, 0) is 37.3 Å². The summed E-state index contributed by atoms with van der Waals surface area (Å²) >= 11 is 0. The summed E-state index contributed by atoms with van der Waals surface area (Å²) in [6, 6.07) is 37.7. The zero-order valence-electron chi connectivity index (χ0n) is 36.4. The summed E-state index contributed by atoms with van der Waals surface area (Å²) in [4.78, 5) is 31.9. The summed E-state index contributed by atoms with van der Waals surface area (Å²) in [5, 5.41) is 32.8. The van der Waals surface area contributed by atoms with Gasteiger partial charge in [0.2, 0.25) is 0 Å². The zero-order valence-corrected chi connectivity index (χ0v) is 37.2. The van der Waals surface area contributed by atoms with Gasteiger partial charge in [0.1, 0.15) is 35.8 Å². The number of carboxylic acid groups (broad SMARTS) is 1. The number of amides is 1. The number of pyridine rings is 2. The van der Waals surface area contributed by atoms with Crippen molar-refractivity contribution < 1.29 is 43.9 Å². The number of halogens is 1. The number of nitrogens with one attached hydrogen (secondary N) is 1. The van der Waals surface area contributed by atoms with Gasteiger partial charge in [-0.15, -0.1) is 12.4 Å². The van der Waals surface area contributed by atoms with Gasteiger partial charge in [-0.3, -0.25) is 9.78 Å². The molecule has 336 valence electrons. The van der Waals surface area contributed by atoms with E-state index >= 15 is 0 Å². The predicted molar refractivity (Wildman–Crippen MR) is 246 cm³/mol. The van der Waals surface area contributed by atoms with Gasteiger partial charge in [0.25, 0.3) is 5.91 Å². The third-order valence-electron chi connectivity index (χ3n) is 10.8. The van der Waals surface area contributed by atoms with Crippen LogP contribution in [-0.4, -0.2) is 82.5 Å². The van der Waals surface area contributed by atoms with Crippen LogP contribution in [0.4, 0.5) is 0 Å². The first-order chi connectivity index (χ1) is 30.5. The van der Waals surface area contributed by atoms with E-state index in [2.05, 4.69) is 77.7 Å². The fourth-order valence-electron chi connectivity index (χ4n) is 6.83.